The van der Waals surface area contributed by atoms with Gasteiger partial charge in [-0.05, 0) is 76.5 Å². The molecule has 132 valence electrons. The Bertz CT molecular complexity index is 404. The standard InChI is InChI=1S/C22H39N/c1-6-9-19(7-2)20(8-3)12-11-18(5)23(21-14-15-21)22-13-10-17(4)16-22/h7,17,20-22H,5-6,8-16H2,1-4H3/b19-7+. The van der Waals surface area contributed by atoms with Crippen LogP contribution in [0.25, 0.3) is 0 Å². The van der Waals surface area contributed by atoms with Crippen molar-refractivity contribution < 1.29 is 0 Å². The first kappa shape index (κ1) is 18.6. The molecule has 1 heteroatoms. The van der Waals surface area contributed by atoms with Gasteiger partial charge < -0.3 is 4.90 Å². The Morgan fingerprint density at radius 1 is 1.13 bits per heavy atom. The molecule has 0 aromatic rings. The molecule has 0 amide bonds. The molecular weight excluding hydrogens is 278 g/mol. The highest BCUT2D eigenvalue weighted by atomic mass is 15.2. The van der Waals surface area contributed by atoms with Crippen LogP contribution in [0.5, 0.6) is 0 Å². The smallest absolute Gasteiger partial charge is 0.0292 e. The van der Waals surface area contributed by atoms with Crippen LogP contribution in [0.2, 0.25) is 0 Å². The Kier molecular flexibility index (Phi) is 7.24. The number of rotatable bonds is 10. The van der Waals surface area contributed by atoms with Crippen LogP contribution in [0, 0.1) is 11.8 Å². The number of hydrogen-bond acceptors (Lipinski definition) is 1. The Hall–Kier alpha value is -0.720. The van der Waals surface area contributed by atoms with Crippen molar-refractivity contribution >= 4 is 0 Å². The molecule has 0 heterocycles. The molecule has 2 saturated carbocycles. The second-order valence-corrected chi connectivity index (χ2v) is 8.03. The molecule has 0 N–H and O–H groups in total. The van der Waals surface area contributed by atoms with E-state index in [0.29, 0.717) is 0 Å². The molecule has 1 nitrogen and oxygen atoms in total. The maximum absolute atomic E-state index is 4.53. The molecule has 0 aliphatic heterocycles. The molecule has 0 radical (unpaired) electrons. The Labute approximate surface area is 145 Å². The lowest BCUT2D eigenvalue weighted by atomic mass is 9.88. The van der Waals surface area contributed by atoms with Crippen LogP contribution in [0.3, 0.4) is 0 Å². The molecule has 0 bridgehead atoms. The minimum atomic E-state index is 0.764. The largest absolute Gasteiger partial charge is 0.369 e. The van der Waals surface area contributed by atoms with Gasteiger partial charge in [0.15, 0.2) is 0 Å². The Morgan fingerprint density at radius 2 is 1.83 bits per heavy atom. The van der Waals surface area contributed by atoms with Crippen molar-refractivity contribution in [2.75, 3.05) is 0 Å². The van der Waals surface area contributed by atoms with Gasteiger partial charge in [-0.3, -0.25) is 0 Å². The molecular formula is C22H39N. The summed E-state index contributed by atoms with van der Waals surface area (Å²) in [5.74, 6) is 1.68. The van der Waals surface area contributed by atoms with Crippen LogP contribution in [0.1, 0.15) is 91.9 Å². The third-order valence-electron chi connectivity index (χ3n) is 6.07. The van der Waals surface area contributed by atoms with Gasteiger partial charge in [-0.1, -0.05) is 45.4 Å². The minimum Gasteiger partial charge on any atom is -0.369 e. The first-order chi connectivity index (χ1) is 11.1. The van der Waals surface area contributed by atoms with Gasteiger partial charge in [-0.25, -0.2) is 0 Å². The van der Waals surface area contributed by atoms with Gasteiger partial charge in [0.2, 0.25) is 0 Å². The number of hydrogen-bond donors (Lipinski definition) is 0. The van der Waals surface area contributed by atoms with Crippen LogP contribution in [0.15, 0.2) is 23.9 Å². The van der Waals surface area contributed by atoms with Crippen LogP contribution in [0.4, 0.5) is 0 Å². The van der Waals surface area contributed by atoms with E-state index in [4.69, 9.17) is 0 Å². The molecule has 3 atom stereocenters. The molecule has 2 fully saturated rings. The van der Waals surface area contributed by atoms with Crippen molar-refractivity contribution in [2.24, 2.45) is 11.8 Å². The fourth-order valence-electron chi connectivity index (χ4n) is 4.59. The highest BCUT2D eigenvalue weighted by Crippen LogP contribution is 2.40. The molecule has 23 heavy (non-hydrogen) atoms. The van der Waals surface area contributed by atoms with Gasteiger partial charge in [0.1, 0.15) is 0 Å². The van der Waals surface area contributed by atoms with Gasteiger partial charge in [0, 0.05) is 17.8 Å². The predicted molar refractivity (Wildman–Crippen MR) is 102 cm³/mol. The SMILES string of the molecule is C=C(CCC(CC)/C(=C/C)CCC)N(C1CC1)C1CCC(C)C1. The Morgan fingerprint density at radius 3 is 2.30 bits per heavy atom. The lowest BCUT2D eigenvalue weighted by molar-refractivity contribution is 0.230. The second kappa shape index (κ2) is 8.94. The van der Waals surface area contributed by atoms with Gasteiger partial charge in [0.25, 0.3) is 0 Å². The van der Waals surface area contributed by atoms with E-state index in [1.54, 1.807) is 5.57 Å². The highest BCUT2D eigenvalue weighted by Gasteiger charge is 2.37. The van der Waals surface area contributed by atoms with Gasteiger partial charge in [-0.2, -0.15) is 0 Å². The zero-order valence-electron chi connectivity index (χ0n) is 16.1. The Balaban J connectivity index is 1.90. The molecule has 0 saturated heterocycles. The van der Waals surface area contributed by atoms with Crippen molar-refractivity contribution in [1.29, 1.82) is 0 Å². The van der Waals surface area contributed by atoms with E-state index < -0.39 is 0 Å². The van der Waals surface area contributed by atoms with Crippen LogP contribution in [-0.2, 0) is 0 Å². The van der Waals surface area contributed by atoms with E-state index >= 15 is 0 Å². The van der Waals surface area contributed by atoms with E-state index in [2.05, 4.69) is 45.2 Å². The van der Waals surface area contributed by atoms with E-state index in [-0.39, 0.29) is 0 Å². The van der Waals surface area contributed by atoms with Crippen molar-refractivity contribution in [3.63, 3.8) is 0 Å². The molecule has 2 rings (SSSR count). The first-order valence-corrected chi connectivity index (χ1v) is 10.2. The molecule has 0 spiro atoms. The van der Waals surface area contributed by atoms with E-state index in [1.807, 2.05) is 0 Å². The van der Waals surface area contributed by atoms with Gasteiger partial charge in [-0.15, -0.1) is 0 Å². The van der Waals surface area contributed by atoms with E-state index in [9.17, 15) is 0 Å². The summed E-state index contributed by atoms with van der Waals surface area (Å²) in [6, 6.07) is 1.62. The van der Waals surface area contributed by atoms with Crippen molar-refractivity contribution in [1.82, 2.24) is 4.90 Å². The summed E-state index contributed by atoms with van der Waals surface area (Å²) in [5, 5.41) is 0. The lowest BCUT2D eigenvalue weighted by Crippen LogP contribution is -2.34. The van der Waals surface area contributed by atoms with Crippen LogP contribution >= 0.6 is 0 Å². The maximum Gasteiger partial charge on any atom is 0.0292 e. The summed E-state index contributed by atoms with van der Waals surface area (Å²) in [5.41, 5.74) is 3.12. The van der Waals surface area contributed by atoms with Crippen molar-refractivity contribution in [2.45, 2.75) is 104 Å². The lowest BCUT2D eigenvalue weighted by Gasteiger charge is -2.34. The maximum atomic E-state index is 4.53. The summed E-state index contributed by atoms with van der Waals surface area (Å²) in [6.07, 6.45) is 15.7. The third-order valence-corrected chi connectivity index (χ3v) is 6.07. The van der Waals surface area contributed by atoms with Crippen molar-refractivity contribution in [3.8, 4) is 0 Å². The predicted octanol–water partition coefficient (Wildman–Crippen LogP) is 6.71. The monoisotopic (exact) mass is 317 g/mol. The third kappa shape index (κ3) is 5.13. The fraction of sp³-hybridized carbons (Fsp3) is 0.818. The van der Waals surface area contributed by atoms with Crippen molar-refractivity contribution in [3.05, 3.63) is 23.9 Å². The average molecular weight is 318 g/mol. The quantitative estimate of drug-likeness (QED) is 0.405. The summed E-state index contributed by atoms with van der Waals surface area (Å²) in [6.45, 7) is 13.8. The summed E-state index contributed by atoms with van der Waals surface area (Å²) < 4.78 is 0. The number of nitrogens with zero attached hydrogens (tertiary/aromatic N) is 1. The fourth-order valence-corrected chi connectivity index (χ4v) is 4.59. The van der Waals surface area contributed by atoms with Crippen LogP contribution in [-0.4, -0.2) is 17.0 Å². The van der Waals surface area contributed by atoms with Crippen LogP contribution < -0.4 is 0 Å². The molecule has 0 aromatic heterocycles. The zero-order chi connectivity index (χ0) is 16.8. The highest BCUT2D eigenvalue weighted by molar-refractivity contribution is 5.09. The van der Waals surface area contributed by atoms with E-state index in [1.165, 1.54) is 69.9 Å². The molecule has 3 unspecified atom stereocenters. The summed E-state index contributed by atoms with van der Waals surface area (Å²) in [7, 11) is 0. The minimum absolute atomic E-state index is 0.764. The molecule has 0 aromatic carbocycles. The summed E-state index contributed by atoms with van der Waals surface area (Å²) in [4.78, 5) is 2.76. The molecule has 2 aliphatic rings. The zero-order valence-corrected chi connectivity index (χ0v) is 16.1. The van der Waals surface area contributed by atoms with E-state index in [0.717, 1.165) is 23.9 Å². The average Bonchev–Trinajstić information content (AvgIpc) is 3.28. The normalized spacial score (nSPS) is 26.3. The van der Waals surface area contributed by atoms with Gasteiger partial charge >= 0.3 is 0 Å². The first-order valence-electron chi connectivity index (χ1n) is 10.2. The van der Waals surface area contributed by atoms with Gasteiger partial charge in [0.05, 0.1) is 0 Å². The summed E-state index contributed by atoms with van der Waals surface area (Å²) >= 11 is 0. The topological polar surface area (TPSA) is 3.24 Å². The second-order valence-electron chi connectivity index (χ2n) is 8.03. The number of allylic oxidation sites excluding steroid dienone is 3. The molecule has 2 aliphatic carbocycles.